The fourth-order valence-corrected chi connectivity index (χ4v) is 2.12. The van der Waals surface area contributed by atoms with Crippen molar-refractivity contribution in [2.45, 2.75) is 6.92 Å². The van der Waals surface area contributed by atoms with Crippen molar-refractivity contribution in [1.29, 1.82) is 0 Å². The third-order valence-electron chi connectivity index (χ3n) is 2.80. The number of H-pyrrole nitrogens is 1. The van der Waals surface area contributed by atoms with Crippen LogP contribution in [0.15, 0.2) is 30.5 Å². The molecule has 16 heavy (non-hydrogen) atoms. The van der Waals surface area contributed by atoms with Crippen LogP contribution in [-0.2, 0) is 0 Å². The third-order valence-corrected chi connectivity index (χ3v) is 2.80. The van der Waals surface area contributed by atoms with Crippen molar-refractivity contribution < 1.29 is 4.74 Å². The Morgan fingerprint density at radius 2 is 2.19 bits per heavy atom. The molecule has 0 saturated carbocycles. The fourth-order valence-electron chi connectivity index (χ4n) is 2.12. The number of aryl methyl sites for hydroxylation is 1. The summed E-state index contributed by atoms with van der Waals surface area (Å²) in [4.78, 5) is 7.72. The number of nitrogens with one attached hydrogen (secondary N) is 1. The topological polar surface area (TPSA) is 37.9 Å². The zero-order valence-corrected chi connectivity index (χ0v) is 9.24. The van der Waals surface area contributed by atoms with E-state index >= 15 is 0 Å². The van der Waals surface area contributed by atoms with Crippen LogP contribution in [0, 0.1) is 6.92 Å². The van der Waals surface area contributed by atoms with Gasteiger partial charge in [-0.1, -0.05) is 0 Å². The van der Waals surface area contributed by atoms with Crippen LogP contribution in [0.2, 0.25) is 0 Å². The first-order chi connectivity index (χ1) is 7.79. The predicted octanol–water partition coefficient (Wildman–Crippen LogP) is 3.03. The van der Waals surface area contributed by atoms with Gasteiger partial charge in [-0.15, -0.1) is 0 Å². The second-order valence-electron chi connectivity index (χ2n) is 3.89. The number of methoxy groups -OCH3 is 1. The molecule has 0 amide bonds. The number of benzene rings is 1. The first-order valence-electron chi connectivity index (χ1n) is 5.20. The maximum Gasteiger partial charge on any atom is 0.145 e. The van der Waals surface area contributed by atoms with Gasteiger partial charge < -0.3 is 9.72 Å². The fraction of sp³-hybridized carbons (Fsp3) is 0.154. The van der Waals surface area contributed by atoms with E-state index in [0.717, 1.165) is 33.2 Å². The summed E-state index contributed by atoms with van der Waals surface area (Å²) in [5.41, 5.74) is 3.18. The first-order valence-corrected chi connectivity index (χ1v) is 5.20. The number of fused-ring (bicyclic) bond motifs is 3. The highest BCUT2D eigenvalue weighted by atomic mass is 16.5. The normalized spacial score (nSPS) is 11.1. The molecule has 0 saturated heterocycles. The highest BCUT2D eigenvalue weighted by molar-refractivity contribution is 6.07. The Balaban J connectivity index is 2.56. The molecule has 2 aromatic heterocycles. The van der Waals surface area contributed by atoms with Crippen LogP contribution >= 0.6 is 0 Å². The third kappa shape index (κ3) is 1.18. The van der Waals surface area contributed by atoms with E-state index in [-0.39, 0.29) is 0 Å². The molecule has 3 rings (SSSR count). The summed E-state index contributed by atoms with van der Waals surface area (Å²) in [6.07, 6.45) is 1.78. The predicted molar refractivity (Wildman–Crippen MR) is 64.9 cm³/mol. The number of aromatic amines is 1. The number of ether oxygens (including phenoxy) is 1. The lowest BCUT2D eigenvalue weighted by Gasteiger charge is -2.05. The van der Waals surface area contributed by atoms with Gasteiger partial charge in [0.1, 0.15) is 11.3 Å². The van der Waals surface area contributed by atoms with Crippen molar-refractivity contribution in [3.05, 3.63) is 36.2 Å². The maximum atomic E-state index is 5.37. The molecule has 0 bridgehead atoms. The van der Waals surface area contributed by atoms with Gasteiger partial charge in [0.15, 0.2) is 0 Å². The Morgan fingerprint density at radius 1 is 1.31 bits per heavy atom. The summed E-state index contributed by atoms with van der Waals surface area (Å²) in [5.74, 6) is 0.821. The van der Waals surface area contributed by atoms with E-state index in [1.807, 2.05) is 12.1 Å². The largest absolute Gasteiger partial charge is 0.494 e. The lowest BCUT2D eigenvalue weighted by Crippen LogP contribution is -1.88. The van der Waals surface area contributed by atoms with Gasteiger partial charge in [0.05, 0.1) is 12.6 Å². The number of nitrogens with zero attached hydrogens (tertiary/aromatic N) is 1. The molecular weight excluding hydrogens is 200 g/mol. The molecule has 2 heterocycles. The highest BCUT2D eigenvalue weighted by Crippen LogP contribution is 2.31. The van der Waals surface area contributed by atoms with Crippen LogP contribution < -0.4 is 4.74 Å². The zero-order chi connectivity index (χ0) is 11.1. The van der Waals surface area contributed by atoms with Crippen molar-refractivity contribution >= 4 is 21.8 Å². The van der Waals surface area contributed by atoms with Crippen molar-refractivity contribution in [3.8, 4) is 5.75 Å². The molecule has 0 radical (unpaired) electrons. The van der Waals surface area contributed by atoms with Gasteiger partial charge in [-0.3, -0.25) is 4.98 Å². The average molecular weight is 212 g/mol. The molecule has 80 valence electrons. The number of hydrogen-bond acceptors (Lipinski definition) is 2. The first kappa shape index (κ1) is 9.21. The van der Waals surface area contributed by atoms with Crippen molar-refractivity contribution in [1.82, 2.24) is 9.97 Å². The summed E-state index contributed by atoms with van der Waals surface area (Å²) >= 11 is 0. The minimum Gasteiger partial charge on any atom is -0.494 e. The average Bonchev–Trinajstić information content (AvgIpc) is 2.68. The van der Waals surface area contributed by atoms with Crippen molar-refractivity contribution in [2.75, 3.05) is 7.11 Å². The number of aromatic nitrogens is 2. The molecule has 0 spiro atoms. The second-order valence-corrected chi connectivity index (χ2v) is 3.89. The Labute approximate surface area is 93.1 Å². The summed E-state index contributed by atoms with van der Waals surface area (Å²) in [6, 6.07) is 8.14. The maximum absolute atomic E-state index is 5.37. The number of pyridine rings is 1. The van der Waals surface area contributed by atoms with E-state index in [4.69, 9.17) is 4.74 Å². The molecule has 0 aliphatic carbocycles. The van der Waals surface area contributed by atoms with E-state index < -0.39 is 0 Å². The summed E-state index contributed by atoms with van der Waals surface area (Å²) in [5, 5.41) is 2.26. The molecule has 3 aromatic rings. The lowest BCUT2D eigenvalue weighted by atomic mass is 10.1. The molecule has 0 aliphatic rings. The van der Waals surface area contributed by atoms with E-state index in [9.17, 15) is 0 Å². The van der Waals surface area contributed by atoms with Crippen LogP contribution in [0.25, 0.3) is 21.8 Å². The second kappa shape index (κ2) is 3.23. The van der Waals surface area contributed by atoms with Crippen molar-refractivity contribution in [2.24, 2.45) is 0 Å². The quantitative estimate of drug-likeness (QED) is 0.673. The molecule has 1 N–H and O–H groups in total. The number of rotatable bonds is 1. The molecule has 3 nitrogen and oxygen atoms in total. The Morgan fingerprint density at radius 3 is 3.00 bits per heavy atom. The smallest absolute Gasteiger partial charge is 0.145 e. The molecule has 0 atom stereocenters. The molecule has 3 heteroatoms. The zero-order valence-electron chi connectivity index (χ0n) is 9.24. The monoisotopic (exact) mass is 212 g/mol. The van der Waals surface area contributed by atoms with Crippen LogP contribution in [0.1, 0.15) is 5.69 Å². The van der Waals surface area contributed by atoms with Gasteiger partial charge in [-0.05, 0) is 31.2 Å². The molecule has 0 aliphatic heterocycles. The van der Waals surface area contributed by atoms with Gasteiger partial charge in [0, 0.05) is 22.7 Å². The van der Waals surface area contributed by atoms with Gasteiger partial charge in [-0.25, -0.2) is 0 Å². The van der Waals surface area contributed by atoms with Crippen LogP contribution in [0.3, 0.4) is 0 Å². The van der Waals surface area contributed by atoms with E-state index in [1.165, 1.54) is 0 Å². The van der Waals surface area contributed by atoms with E-state index in [1.54, 1.807) is 13.3 Å². The minimum atomic E-state index is 0.821. The molecule has 0 unspecified atom stereocenters. The Hall–Kier alpha value is -2.03. The van der Waals surface area contributed by atoms with Crippen LogP contribution in [-0.4, -0.2) is 17.1 Å². The van der Waals surface area contributed by atoms with Gasteiger partial charge in [0.2, 0.25) is 0 Å². The van der Waals surface area contributed by atoms with Crippen LogP contribution in [0.5, 0.6) is 5.75 Å². The molecule has 1 aromatic carbocycles. The molecule has 0 fully saturated rings. The Kier molecular flexibility index (Phi) is 1.86. The van der Waals surface area contributed by atoms with E-state index in [0.29, 0.717) is 0 Å². The standard InChI is InChI=1S/C13H12N2O/c1-8-6-9-7-11(16-2)13-10(12(9)15-8)4-3-5-14-13/h3-7,15H,1-2H3. The van der Waals surface area contributed by atoms with Crippen LogP contribution in [0.4, 0.5) is 0 Å². The summed E-state index contributed by atoms with van der Waals surface area (Å²) in [6.45, 7) is 2.05. The Bertz CT molecular complexity index is 670. The van der Waals surface area contributed by atoms with Gasteiger partial charge in [-0.2, -0.15) is 0 Å². The number of hydrogen-bond donors (Lipinski definition) is 1. The lowest BCUT2D eigenvalue weighted by molar-refractivity contribution is 0.419. The summed E-state index contributed by atoms with van der Waals surface area (Å²) < 4.78 is 5.37. The SMILES string of the molecule is COc1cc2cc(C)[nH]c2c2cccnc12. The van der Waals surface area contributed by atoms with Gasteiger partial charge in [0.25, 0.3) is 0 Å². The summed E-state index contributed by atoms with van der Waals surface area (Å²) in [7, 11) is 1.68. The van der Waals surface area contributed by atoms with Crippen molar-refractivity contribution in [3.63, 3.8) is 0 Å². The van der Waals surface area contributed by atoms with E-state index in [2.05, 4.69) is 29.0 Å². The highest BCUT2D eigenvalue weighted by Gasteiger charge is 2.09. The minimum absolute atomic E-state index is 0.821. The molecular formula is C13H12N2O. The van der Waals surface area contributed by atoms with Gasteiger partial charge >= 0.3 is 0 Å².